The smallest absolute Gasteiger partial charge is 0.224 e. The summed E-state index contributed by atoms with van der Waals surface area (Å²) < 4.78 is 1.92. The van der Waals surface area contributed by atoms with Gasteiger partial charge in [0.2, 0.25) is 5.91 Å². The summed E-state index contributed by atoms with van der Waals surface area (Å²) >= 11 is 1.37. The molecular weight excluding hydrogens is 324 g/mol. The second-order valence-electron chi connectivity index (χ2n) is 5.56. The highest BCUT2D eigenvalue weighted by molar-refractivity contribution is 7.99. The molecular formula is C17H18N4O2S. The fourth-order valence-electron chi connectivity index (χ4n) is 2.58. The lowest BCUT2D eigenvalue weighted by molar-refractivity contribution is -0.116. The third-order valence-electron chi connectivity index (χ3n) is 3.87. The molecule has 24 heavy (non-hydrogen) atoms. The number of aryl methyl sites for hydroxylation is 2. The third kappa shape index (κ3) is 3.41. The zero-order chi connectivity index (χ0) is 17.1. The van der Waals surface area contributed by atoms with Crippen LogP contribution in [0, 0.1) is 6.92 Å². The van der Waals surface area contributed by atoms with Crippen molar-refractivity contribution in [1.82, 2.24) is 14.8 Å². The van der Waals surface area contributed by atoms with Gasteiger partial charge < -0.3 is 9.88 Å². The molecule has 3 rings (SSSR count). The van der Waals surface area contributed by atoms with Crippen LogP contribution in [0.2, 0.25) is 0 Å². The number of nitrogens with zero attached hydrogens (tertiary/aromatic N) is 3. The van der Waals surface area contributed by atoms with Gasteiger partial charge in [0, 0.05) is 24.2 Å². The first-order valence-electron chi connectivity index (χ1n) is 7.68. The van der Waals surface area contributed by atoms with Gasteiger partial charge in [0.15, 0.2) is 10.9 Å². The summed E-state index contributed by atoms with van der Waals surface area (Å²) in [5.41, 5.74) is 2.47. The topological polar surface area (TPSA) is 76.9 Å². The monoisotopic (exact) mass is 342 g/mol. The standard InChI is InChI=1S/C17H18N4O2S/c1-3-8-21-11(2)19-20-17(21)24-10-15(22)13-4-6-14-12(9-13)5-7-16(23)18-14/h3-4,6,9H,1,5,7-8,10H2,2H3,(H,18,23). The van der Waals surface area contributed by atoms with Gasteiger partial charge in [-0.15, -0.1) is 16.8 Å². The van der Waals surface area contributed by atoms with Gasteiger partial charge >= 0.3 is 0 Å². The number of hydrogen-bond donors (Lipinski definition) is 1. The minimum absolute atomic E-state index is 0.0223. The number of nitrogens with one attached hydrogen (secondary N) is 1. The highest BCUT2D eigenvalue weighted by Gasteiger charge is 2.17. The molecule has 7 heteroatoms. The van der Waals surface area contributed by atoms with Crippen LogP contribution in [-0.4, -0.2) is 32.2 Å². The maximum Gasteiger partial charge on any atom is 0.224 e. The maximum absolute atomic E-state index is 12.5. The number of hydrogen-bond acceptors (Lipinski definition) is 5. The van der Waals surface area contributed by atoms with Crippen LogP contribution in [-0.2, 0) is 17.8 Å². The Morgan fingerprint density at radius 3 is 3.04 bits per heavy atom. The average molecular weight is 342 g/mol. The van der Waals surface area contributed by atoms with Gasteiger partial charge in [-0.3, -0.25) is 9.59 Å². The fraction of sp³-hybridized carbons (Fsp3) is 0.294. The normalized spacial score (nSPS) is 13.3. The molecule has 6 nitrogen and oxygen atoms in total. The molecule has 1 amide bonds. The molecule has 1 aromatic carbocycles. The Bertz CT molecular complexity index is 813. The van der Waals surface area contributed by atoms with E-state index in [-0.39, 0.29) is 11.7 Å². The van der Waals surface area contributed by atoms with Crippen molar-refractivity contribution in [3.63, 3.8) is 0 Å². The number of carbonyl (C=O) groups excluding carboxylic acids is 2. The minimum atomic E-state index is 0.0223. The first kappa shape index (κ1) is 16.4. The number of benzene rings is 1. The quantitative estimate of drug-likeness (QED) is 0.496. The molecule has 0 bridgehead atoms. The van der Waals surface area contributed by atoms with E-state index in [4.69, 9.17) is 0 Å². The number of anilines is 1. The second kappa shape index (κ2) is 7.00. The van der Waals surface area contributed by atoms with Gasteiger partial charge in [0.25, 0.3) is 0 Å². The molecule has 0 spiro atoms. The number of fused-ring (bicyclic) bond motifs is 1. The Balaban J connectivity index is 1.70. The predicted molar refractivity (Wildman–Crippen MR) is 93.4 cm³/mol. The number of allylic oxidation sites excluding steroid dienone is 1. The van der Waals surface area contributed by atoms with Crippen molar-refractivity contribution in [2.45, 2.75) is 31.5 Å². The number of Topliss-reactive ketones (excluding diaryl/α,β-unsaturated/α-hetero) is 1. The highest BCUT2D eigenvalue weighted by Crippen LogP contribution is 2.25. The first-order valence-corrected chi connectivity index (χ1v) is 8.66. The van der Waals surface area contributed by atoms with Crippen LogP contribution in [0.1, 0.15) is 28.2 Å². The predicted octanol–water partition coefficient (Wildman–Crippen LogP) is 2.63. The number of thioether (sulfide) groups is 1. The van der Waals surface area contributed by atoms with Gasteiger partial charge in [-0.05, 0) is 37.1 Å². The van der Waals surface area contributed by atoms with Crippen molar-refractivity contribution in [1.29, 1.82) is 0 Å². The number of rotatable bonds is 6. The summed E-state index contributed by atoms with van der Waals surface area (Å²) in [6.45, 7) is 6.22. The van der Waals surface area contributed by atoms with Crippen molar-refractivity contribution in [2.75, 3.05) is 11.1 Å². The lowest BCUT2D eigenvalue weighted by atomic mass is 9.99. The van der Waals surface area contributed by atoms with E-state index in [1.165, 1.54) is 11.8 Å². The van der Waals surface area contributed by atoms with Crippen molar-refractivity contribution in [2.24, 2.45) is 0 Å². The van der Waals surface area contributed by atoms with Crippen LogP contribution < -0.4 is 5.32 Å². The molecule has 2 heterocycles. The van der Waals surface area contributed by atoms with E-state index in [2.05, 4.69) is 22.1 Å². The number of amides is 1. The van der Waals surface area contributed by atoms with Crippen LogP contribution in [0.5, 0.6) is 0 Å². The summed E-state index contributed by atoms with van der Waals surface area (Å²) in [7, 11) is 0. The number of aromatic nitrogens is 3. The molecule has 2 aromatic rings. The summed E-state index contributed by atoms with van der Waals surface area (Å²) in [5, 5.41) is 11.7. The van der Waals surface area contributed by atoms with Gasteiger partial charge in [-0.1, -0.05) is 17.8 Å². The number of carbonyl (C=O) groups is 2. The Labute approximate surface area is 144 Å². The van der Waals surface area contributed by atoms with Crippen molar-refractivity contribution < 1.29 is 9.59 Å². The van der Waals surface area contributed by atoms with Gasteiger partial charge in [0.1, 0.15) is 5.82 Å². The van der Waals surface area contributed by atoms with E-state index in [9.17, 15) is 9.59 Å². The van der Waals surface area contributed by atoms with Crippen molar-refractivity contribution in [3.05, 3.63) is 47.8 Å². The third-order valence-corrected chi connectivity index (χ3v) is 4.84. The van der Waals surface area contributed by atoms with Gasteiger partial charge in [-0.2, -0.15) is 0 Å². The van der Waals surface area contributed by atoms with Gasteiger partial charge in [0.05, 0.1) is 5.75 Å². The summed E-state index contributed by atoms with van der Waals surface area (Å²) in [5.74, 6) is 1.15. The fourth-order valence-corrected chi connectivity index (χ4v) is 3.47. The Kier molecular flexibility index (Phi) is 4.80. The molecule has 0 saturated carbocycles. The zero-order valence-electron chi connectivity index (χ0n) is 13.4. The van der Waals surface area contributed by atoms with E-state index in [1.807, 2.05) is 17.6 Å². The van der Waals surface area contributed by atoms with Gasteiger partial charge in [-0.25, -0.2) is 0 Å². The molecule has 0 atom stereocenters. The van der Waals surface area contributed by atoms with Crippen LogP contribution in [0.15, 0.2) is 36.0 Å². The molecule has 0 saturated heterocycles. The summed E-state index contributed by atoms with van der Waals surface area (Å²) in [4.78, 5) is 23.8. The van der Waals surface area contributed by atoms with E-state index in [0.717, 1.165) is 17.1 Å². The van der Waals surface area contributed by atoms with E-state index in [0.29, 0.717) is 35.9 Å². The summed E-state index contributed by atoms with van der Waals surface area (Å²) in [6, 6.07) is 5.43. The SMILES string of the molecule is C=CCn1c(C)nnc1SCC(=O)c1ccc2c(c1)CCC(=O)N2. The van der Waals surface area contributed by atoms with E-state index in [1.54, 1.807) is 18.2 Å². The molecule has 0 unspecified atom stereocenters. The Morgan fingerprint density at radius 1 is 1.42 bits per heavy atom. The first-order chi connectivity index (χ1) is 11.6. The zero-order valence-corrected chi connectivity index (χ0v) is 14.2. The molecule has 1 N–H and O–H groups in total. The second-order valence-corrected chi connectivity index (χ2v) is 6.50. The molecule has 1 aliphatic heterocycles. The minimum Gasteiger partial charge on any atom is -0.326 e. The summed E-state index contributed by atoms with van der Waals surface area (Å²) in [6.07, 6.45) is 2.91. The number of ketones is 1. The molecule has 0 fully saturated rings. The van der Waals surface area contributed by atoms with Crippen LogP contribution in [0.4, 0.5) is 5.69 Å². The molecule has 1 aromatic heterocycles. The van der Waals surface area contributed by atoms with Crippen LogP contribution in [0.25, 0.3) is 0 Å². The molecule has 0 aliphatic carbocycles. The molecule has 0 radical (unpaired) electrons. The van der Waals surface area contributed by atoms with E-state index >= 15 is 0 Å². The Hall–Kier alpha value is -2.41. The van der Waals surface area contributed by atoms with E-state index < -0.39 is 0 Å². The molecule has 1 aliphatic rings. The average Bonchev–Trinajstić information content (AvgIpc) is 2.93. The lowest BCUT2D eigenvalue weighted by Gasteiger charge is -2.17. The van der Waals surface area contributed by atoms with Crippen molar-refractivity contribution >= 4 is 29.1 Å². The highest BCUT2D eigenvalue weighted by atomic mass is 32.2. The largest absolute Gasteiger partial charge is 0.326 e. The van der Waals surface area contributed by atoms with Crippen LogP contribution >= 0.6 is 11.8 Å². The van der Waals surface area contributed by atoms with Crippen molar-refractivity contribution in [3.8, 4) is 0 Å². The maximum atomic E-state index is 12.5. The molecule has 124 valence electrons. The Morgan fingerprint density at radius 2 is 2.25 bits per heavy atom. The lowest BCUT2D eigenvalue weighted by Crippen LogP contribution is -2.19. The van der Waals surface area contributed by atoms with Crippen LogP contribution in [0.3, 0.4) is 0 Å².